The van der Waals surface area contributed by atoms with Gasteiger partial charge in [0.05, 0.1) is 0 Å². The van der Waals surface area contributed by atoms with Crippen molar-refractivity contribution in [2.24, 2.45) is 5.73 Å². The summed E-state index contributed by atoms with van der Waals surface area (Å²) in [7, 11) is 0. The summed E-state index contributed by atoms with van der Waals surface area (Å²) in [4.78, 5) is 13.0. The Morgan fingerprint density at radius 1 is 1.38 bits per heavy atom. The molecule has 0 aliphatic heterocycles. The second-order valence-corrected chi connectivity index (χ2v) is 3.28. The Balaban J connectivity index is 2.95. The van der Waals surface area contributed by atoms with Crippen LogP contribution in [0.4, 0.5) is 14.5 Å². The van der Waals surface area contributed by atoms with Crippen LogP contribution in [0.1, 0.15) is 13.3 Å². The third-order valence-electron chi connectivity index (χ3n) is 2.19. The van der Waals surface area contributed by atoms with Gasteiger partial charge in [0.2, 0.25) is 5.91 Å². The van der Waals surface area contributed by atoms with Crippen LogP contribution < -0.4 is 10.6 Å². The first kappa shape index (κ1) is 12.6. The molecule has 1 rings (SSSR count). The summed E-state index contributed by atoms with van der Waals surface area (Å²) in [5.41, 5.74) is 5.62. The van der Waals surface area contributed by atoms with Gasteiger partial charge in [-0.25, -0.2) is 8.78 Å². The van der Waals surface area contributed by atoms with Crippen molar-refractivity contribution in [3.05, 3.63) is 29.8 Å². The minimum atomic E-state index is -0.962. The molecule has 0 saturated heterocycles. The Bertz CT molecular complexity index is 382. The maximum absolute atomic E-state index is 13.0. The van der Waals surface area contributed by atoms with E-state index in [2.05, 4.69) is 0 Å². The molecule has 0 aliphatic carbocycles. The van der Waals surface area contributed by atoms with E-state index in [-0.39, 0.29) is 18.9 Å². The number of rotatable bonds is 4. The molecule has 1 aromatic rings. The van der Waals surface area contributed by atoms with Crippen LogP contribution in [0, 0.1) is 11.6 Å². The van der Waals surface area contributed by atoms with E-state index in [0.29, 0.717) is 12.2 Å². The van der Waals surface area contributed by atoms with Gasteiger partial charge in [-0.15, -0.1) is 0 Å². The van der Waals surface area contributed by atoms with Crippen LogP contribution in [-0.4, -0.2) is 19.0 Å². The minimum Gasteiger partial charge on any atom is -0.330 e. The van der Waals surface area contributed by atoms with Crippen molar-refractivity contribution >= 4 is 11.6 Å². The van der Waals surface area contributed by atoms with Gasteiger partial charge in [-0.1, -0.05) is 0 Å². The normalized spacial score (nSPS) is 10.2. The molecule has 5 heteroatoms. The lowest BCUT2D eigenvalue weighted by Gasteiger charge is -2.20. The van der Waals surface area contributed by atoms with Gasteiger partial charge in [0.1, 0.15) is 0 Å². The Hall–Kier alpha value is -1.49. The zero-order valence-corrected chi connectivity index (χ0v) is 9.04. The highest BCUT2D eigenvalue weighted by molar-refractivity contribution is 5.93. The lowest BCUT2D eigenvalue weighted by molar-refractivity contribution is -0.118. The molecule has 0 heterocycles. The molecule has 0 aromatic heterocycles. The van der Waals surface area contributed by atoms with Gasteiger partial charge in [0.15, 0.2) is 11.6 Å². The molecule has 1 amide bonds. The molecule has 0 spiro atoms. The summed E-state index contributed by atoms with van der Waals surface area (Å²) in [6, 6.07) is 3.38. The van der Waals surface area contributed by atoms with E-state index in [1.807, 2.05) is 0 Å². The first-order valence-electron chi connectivity index (χ1n) is 5.05. The van der Waals surface area contributed by atoms with Crippen LogP contribution in [0.25, 0.3) is 0 Å². The van der Waals surface area contributed by atoms with Crippen LogP contribution in [0.15, 0.2) is 18.2 Å². The zero-order chi connectivity index (χ0) is 12.1. The van der Waals surface area contributed by atoms with E-state index in [1.165, 1.54) is 11.0 Å². The van der Waals surface area contributed by atoms with Crippen LogP contribution in [0.3, 0.4) is 0 Å². The summed E-state index contributed by atoms with van der Waals surface area (Å²) in [6.45, 7) is 2.39. The highest BCUT2D eigenvalue weighted by atomic mass is 19.2. The monoisotopic (exact) mass is 228 g/mol. The van der Waals surface area contributed by atoms with Crippen molar-refractivity contribution in [3.8, 4) is 0 Å². The second-order valence-electron chi connectivity index (χ2n) is 3.28. The van der Waals surface area contributed by atoms with Gasteiger partial charge < -0.3 is 10.6 Å². The fraction of sp³-hybridized carbons (Fsp3) is 0.364. The maximum atomic E-state index is 13.0. The molecule has 88 valence electrons. The fourth-order valence-corrected chi connectivity index (χ4v) is 1.41. The number of carbonyl (C=O) groups excluding carboxylic acids is 1. The minimum absolute atomic E-state index is 0.187. The Morgan fingerprint density at radius 2 is 2.06 bits per heavy atom. The second kappa shape index (κ2) is 5.55. The van der Waals surface area contributed by atoms with E-state index >= 15 is 0 Å². The highest BCUT2D eigenvalue weighted by Gasteiger charge is 2.14. The van der Waals surface area contributed by atoms with Crippen LogP contribution in [0.2, 0.25) is 0 Å². The molecule has 0 bridgehead atoms. The van der Waals surface area contributed by atoms with E-state index in [1.54, 1.807) is 6.92 Å². The zero-order valence-electron chi connectivity index (χ0n) is 9.04. The van der Waals surface area contributed by atoms with E-state index in [4.69, 9.17) is 5.73 Å². The molecule has 16 heavy (non-hydrogen) atoms. The molecule has 0 aliphatic rings. The molecule has 3 nitrogen and oxygen atoms in total. The van der Waals surface area contributed by atoms with E-state index in [0.717, 1.165) is 12.1 Å². The number of benzene rings is 1. The number of anilines is 1. The first-order valence-corrected chi connectivity index (χ1v) is 5.05. The summed E-state index contributed by atoms with van der Waals surface area (Å²) < 4.78 is 25.7. The van der Waals surface area contributed by atoms with Crippen molar-refractivity contribution in [1.82, 2.24) is 0 Å². The average molecular weight is 228 g/mol. The van der Waals surface area contributed by atoms with E-state index in [9.17, 15) is 13.6 Å². The molecule has 0 fully saturated rings. The summed E-state index contributed by atoms with van der Waals surface area (Å²) in [5, 5.41) is 0. The smallest absolute Gasteiger partial charge is 0.228 e. The first-order chi connectivity index (χ1) is 7.60. The highest BCUT2D eigenvalue weighted by Crippen LogP contribution is 2.18. The standard InChI is InChI=1S/C11H14F2N2O/c1-2-15(11(16)5-6-14)8-3-4-9(12)10(13)7-8/h3-4,7H,2,5-6,14H2,1H3. The number of nitrogens with two attached hydrogens (primary N) is 1. The predicted octanol–water partition coefficient (Wildman–Crippen LogP) is 1.67. The third kappa shape index (κ3) is 2.76. The van der Waals surface area contributed by atoms with Gasteiger partial charge in [0, 0.05) is 31.3 Å². The molecule has 0 radical (unpaired) electrons. The van der Waals surface area contributed by atoms with Gasteiger partial charge in [-0.3, -0.25) is 4.79 Å². The summed E-state index contributed by atoms with van der Waals surface area (Å²) in [5.74, 6) is -2.08. The van der Waals surface area contributed by atoms with Gasteiger partial charge in [0.25, 0.3) is 0 Å². The largest absolute Gasteiger partial charge is 0.330 e. The van der Waals surface area contributed by atoms with Crippen molar-refractivity contribution in [2.45, 2.75) is 13.3 Å². The van der Waals surface area contributed by atoms with Crippen molar-refractivity contribution in [2.75, 3.05) is 18.0 Å². The van der Waals surface area contributed by atoms with Gasteiger partial charge in [-0.2, -0.15) is 0 Å². The number of amides is 1. The van der Waals surface area contributed by atoms with Crippen LogP contribution in [-0.2, 0) is 4.79 Å². The van der Waals surface area contributed by atoms with Gasteiger partial charge in [-0.05, 0) is 19.1 Å². The van der Waals surface area contributed by atoms with Crippen molar-refractivity contribution in [1.29, 1.82) is 0 Å². The molecule has 0 saturated carbocycles. The SMILES string of the molecule is CCN(C(=O)CCN)c1ccc(F)c(F)c1. The molecule has 1 aromatic carbocycles. The Kier molecular flexibility index (Phi) is 4.37. The van der Waals surface area contributed by atoms with Crippen LogP contribution in [0.5, 0.6) is 0 Å². The Labute approximate surface area is 92.8 Å². The number of carbonyl (C=O) groups is 1. The number of halogens is 2. The van der Waals surface area contributed by atoms with Crippen molar-refractivity contribution in [3.63, 3.8) is 0 Å². The van der Waals surface area contributed by atoms with Crippen molar-refractivity contribution < 1.29 is 13.6 Å². The molecule has 2 N–H and O–H groups in total. The summed E-state index contributed by atoms with van der Waals surface area (Å²) in [6.07, 6.45) is 0.187. The molecule has 0 atom stereocenters. The number of hydrogen-bond acceptors (Lipinski definition) is 2. The maximum Gasteiger partial charge on any atom is 0.228 e. The van der Waals surface area contributed by atoms with Crippen LogP contribution >= 0.6 is 0 Å². The Morgan fingerprint density at radius 3 is 2.56 bits per heavy atom. The third-order valence-corrected chi connectivity index (χ3v) is 2.19. The topological polar surface area (TPSA) is 46.3 Å². The van der Waals surface area contributed by atoms with Gasteiger partial charge >= 0.3 is 0 Å². The predicted molar refractivity (Wildman–Crippen MR) is 58.1 cm³/mol. The fourth-order valence-electron chi connectivity index (χ4n) is 1.41. The summed E-state index contributed by atoms with van der Waals surface area (Å²) >= 11 is 0. The lowest BCUT2D eigenvalue weighted by atomic mass is 10.2. The average Bonchev–Trinajstić information content (AvgIpc) is 2.25. The van der Waals surface area contributed by atoms with E-state index < -0.39 is 11.6 Å². The molecular weight excluding hydrogens is 214 g/mol. The number of nitrogens with zero attached hydrogens (tertiary/aromatic N) is 1. The quantitative estimate of drug-likeness (QED) is 0.852. The molecular formula is C11H14F2N2O. The lowest BCUT2D eigenvalue weighted by Crippen LogP contribution is -2.32. The molecule has 0 unspecified atom stereocenters. The number of hydrogen-bond donors (Lipinski definition) is 1.